The van der Waals surface area contributed by atoms with Gasteiger partial charge in [0.05, 0.1) is 4.88 Å². The Balaban J connectivity index is 1.88. The number of primary sulfonamides is 1. The van der Waals surface area contributed by atoms with Crippen LogP contribution in [-0.4, -0.2) is 24.1 Å². The molecule has 1 aliphatic rings. The van der Waals surface area contributed by atoms with E-state index in [1.54, 1.807) is 7.05 Å². The Morgan fingerprint density at radius 3 is 2.90 bits per heavy atom. The van der Waals surface area contributed by atoms with Crippen LogP contribution in [0.1, 0.15) is 26.5 Å². The number of nitrogens with zero attached hydrogens (tertiary/aromatic N) is 2. The molecule has 1 amide bonds. The van der Waals surface area contributed by atoms with Crippen molar-refractivity contribution in [3.05, 3.63) is 27.6 Å². The molecule has 7 nitrogen and oxygen atoms in total. The molecular formula is C12H14N4O3S2. The molecule has 0 unspecified atom stereocenters. The number of hydrogen-bond donors (Lipinski definition) is 2. The number of anilines is 1. The number of fused-ring (bicyclic) bond motifs is 1. The summed E-state index contributed by atoms with van der Waals surface area (Å²) in [5.41, 5.74) is 1.21. The Labute approximate surface area is 125 Å². The summed E-state index contributed by atoms with van der Waals surface area (Å²) in [6, 6.07) is 1.86. The zero-order valence-electron chi connectivity index (χ0n) is 11.3. The van der Waals surface area contributed by atoms with Crippen molar-refractivity contribution in [2.75, 3.05) is 5.32 Å². The number of aryl methyl sites for hydroxylation is 3. The average molecular weight is 326 g/mol. The third-order valence-electron chi connectivity index (χ3n) is 3.30. The number of sulfonamides is 1. The summed E-state index contributed by atoms with van der Waals surface area (Å²) in [6.45, 7) is 0. The highest BCUT2D eigenvalue weighted by atomic mass is 32.2. The van der Waals surface area contributed by atoms with Gasteiger partial charge in [-0.1, -0.05) is 0 Å². The van der Waals surface area contributed by atoms with Crippen molar-refractivity contribution in [2.45, 2.75) is 24.2 Å². The fourth-order valence-corrected chi connectivity index (χ4v) is 4.18. The van der Waals surface area contributed by atoms with E-state index in [0.29, 0.717) is 4.88 Å². The lowest BCUT2D eigenvalue weighted by Gasteiger charge is -2.02. The summed E-state index contributed by atoms with van der Waals surface area (Å²) in [7, 11) is -2.37. The van der Waals surface area contributed by atoms with E-state index in [0.717, 1.165) is 19.3 Å². The Kier molecular flexibility index (Phi) is 3.34. The Morgan fingerprint density at radius 2 is 2.24 bits per heavy atom. The molecule has 2 aromatic rings. The molecule has 1 aliphatic carbocycles. The summed E-state index contributed by atoms with van der Waals surface area (Å²) in [5, 5.41) is 11.6. The normalized spacial score (nSPS) is 14.2. The van der Waals surface area contributed by atoms with E-state index in [4.69, 9.17) is 5.14 Å². The first-order chi connectivity index (χ1) is 9.84. The summed E-state index contributed by atoms with van der Waals surface area (Å²) in [4.78, 5) is 13.8. The van der Waals surface area contributed by atoms with E-state index in [2.05, 4.69) is 10.4 Å². The van der Waals surface area contributed by atoms with Crippen LogP contribution in [0.3, 0.4) is 0 Å². The van der Waals surface area contributed by atoms with Crippen LogP contribution in [0, 0.1) is 0 Å². The molecule has 3 rings (SSSR count). The third kappa shape index (κ3) is 2.71. The monoisotopic (exact) mass is 326 g/mol. The molecule has 0 atom stereocenters. The van der Waals surface area contributed by atoms with Crippen LogP contribution in [0.2, 0.25) is 0 Å². The van der Waals surface area contributed by atoms with Gasteiger partial charge in [0.2, 0.25) is 10.0 Å². The number of nitrogens with one attached hydrogen (secondary N) is 1. The fourth-order valence-electron chi connectivity index (χ4n) is 2.37. The predicted octanol–water partition coefficient (Wildman–Crippen LogP) is 0.870. The smallest absolute Gasteiger partial charge is 0.266 e. The van der Waals surface area contributed by atoms with Crippen LogP contribution in [0.4, 0.5) is 5.82 Å². The van der Waals surface area contributed by atoms with Crippen LogP contribution in [-0.2, 0) is 29.9 Å². The lowest BCUT2D eigenvalue weighted by atomic mass is 10.2. The highest BCUT2D eigenvalue weighted by molar-refractivity contribution is 7.89. The zero-order valence-corrected chi connectivity index (χ0v) is 12.9. The Bertz CT molecular complexity index is 798. The number of nitrogens with two attached hydrogens (primary N) is 1. The van der Waals surface area contributed by atoms with Crippen molar-refractivity contribution in [3.8, 4) is 0 Å². The van der Waals surface area contributed by atoms with Gasteiger partial charge in [-0.3, -0.25) is 9.48 Å². The molecule has 0 aromatic carbocycles. The highest BCUT2D eigenvalue weighted by Gasteiger charge is 2.23. The predicted molar refractivity (Wildman–Crippen MR) is 78.9 cm³/mol. The molecule has 0 aliphatic heterocycles. The van der Waals surface area contributed by atoms with Gasteiger partial charge >= 0.3 is 0 Å². The van der Waals surface area contributed by atoms with Crippen LogP contribution >= 0.6 is 11.3 Å². The number of rotatable bonds is 3. The van der Waals surface area contributed by atoms with Gasteiger partial charge in [-0.2, -0.15) is 5.10 Å². The maximum atomic E-state index is 12.2. The molecule has 3 N–H and O–H groups in total. The molecule has 0 fully saturated rings. The first-order valence-corrected chi connectivity index (χ1v) is 8.70. The van der Waals surface area contributed by atoms with Gasteiger partial charge < -0.3 is 5.32 Å². The van der Waals surface area contributed by atoms with Crippen LogP contribution in [0.15, 0.2) is 17.2 Å². The number of aromatic nitrogens is 2. The van der Waals surface area contributed by atoms with Gasteiger partial charge in [0.25, 0.3) is 5.91 Å². The van der Waals surface area contributed by atoms with Crippen LogP contribution in [0.25, 0.3) is 0 Å². The Morgan fingerprint density at radius 1 is 1.48 bits per heavy atom. The third-order valence-corrected chi connectivity index (χ3v) is 5.45. The fraction of sp³-hybridized carbons (Fsp3) is 0.333. The minimum atomic E-state index is -3.93. The van der Waals surface area contributed by atoms with Gasteiger partial charge in [-0.25, -0.2) is 13.6 Å². The van der Waals surface area contributed by atoms with Crippen LogP contribution in [0.5, 0.6) is 0 Å². The second-order valence-corrected chi connectivity index (χ2v) is 7.59. The maximum absolute atomic E-state index is 12.2. The second-order valence-electron chi connectivity index (χ2n) is 4.93. The van der Waals surface area contributed by atoms with Gasteiger partial charge in [0.15, 0.2) is 5.82 Å². The van der Waals surface area contributed by atoms with Gasteiger partial charge in [-0.15, -0.1) is 11.3 Å². The van der Waals surface area contributed by atoms with E-state index in [1.165, 1.54) is 32.7 Å². The number of carbonyl (C=O) groups excluding carboxylic acids is 1. The number of carbonyl (C=O) groups is 1. The lowest BCUT2D eigenvalue weighted by Crippen LogP contribution is -2.17. The van der Waals surface area contributed by atoms with Crippen molar-refractivity contribution >= 4 is 33.1 Å². The molecule has 0 saturated carbocycles. The quantitative estimate of drug-likeness (QED) is 0.872. The van der Waals surface area contributed by atoms with Crippen molar-refractivity contribution in [3.63, 3.8) is 0 Å². The molecule has 2 heterocycles. The molecule has 0 bridgehead atoms. The van der Waals surface area contributed by atoms with Gasteiger partial charge in [-0.05, 0) is 30.9 Å². The first kappa shape index (κ1) is 14.2. The van der Waals surface area contributed by atoms with Crippen molar-refractivity contribution in [1.29, 1.82) is 0 Å². The van der Waals surface area contributed by atoms with Crippen LogP contribution < -0.4 is 10.5 Å². The van der Waals surface area contributed by atoms with Crippen molar-refractivity contribution in [2.24, 2.45) is 12.2 Å². The first-order valence-electron chi connectivity index (χ1n) is 6.34. The molecule has 9 heteroatoms. The minimum absolute atomic E-state index is 0.0430. The van der Waals surface area contributed by atoms with E-state index in [9.17, 15) is 13.2 Å². The molecule has 0 radical (unpaired) electrons. The SMILES string of the molecule is Cn1cc(S(N)(=O)=O)c(NC(=O)c2cc3c(s2)CCC3)n1. The molecule has 0 saturated heterocycles. The molecule has 21 heavy (non-hydrogen) atoms. The largest absolute Gasteiger partial charge is 0.303 e. The topological polar surface area (TPSA) is 107 Å². The molecular weight excluding hydrogens is 312 g/mol. The van der Waals surface area contributed by atoms with E-state index in [-0.39, 0.29) is 16.6 Å². The molecule has 112 valence electrons. The van der Waals surface area contributed by atoms with Gasteiger partial charge in [0, 0.05) is 18.1 Å². The summed E-state index contributed by atoms with van der Waals surface area (Å²) >= 11 is 1.44. The Hall–Kier alpha value is -1.71. The standard InChI is InChI=1S/C12H14N4O3S2/c1-16-6-10(21(13,18)19)11(15-16)14-12(17)9-5-7-3-2-4-8(7)20-9/h5-6H,2-4H2,1H3,(H2,13,18,19)(H,14,15,17). The van der Waals surface area contributed by atoms with E-state index >= 15 is 0 Å². The second kappa shape index (κ2) is 4.93. The molecule has 0 spiro atoms. The highest BCUT2D eigenvalue weighted by Crippen LogP contribution is 2.31. The van der Waals surface area contributed by atoms with Gasteiger partial charge in [0.1, 0.15) is 4.90 Å². The van der Waals surface area contributed by atoms with E-state index in [1.807, 2.05) is 6.07 Å². The summed E-state index contributed by atoms with van der Waals surface area (Å²) in [5.74, 6) is -0.406. The number of hydrogen-bond acceptors (Lipinski definition) is 5. The van der Waals surface area contributed by atoms with Crippen molar-refractivity contribution in [1.82, 2.24) is 9.78 Å². The number of amides is 1. The summed E-state index contributed by atoms with van der Waals surface area (Å²) in [6.07, 6.45) is 4.38. The van der Waals surface area contributed by atoms with Crippen molar-refractivity contribution < 1.29 is 13.2 Å². The zero-order chi connectivity index (χ0) is 15.2. The minimum Gasteiger partial charge on any atom is -0.303 e. The summed E-state index contributed by atoms with van der Waals surface area (Å²) < 4.78 is 24.2. The van der Waals surface area contributed by atoms with E-state index < -0.39 is 10.0 Å². The molecule has 2 aromatic heterocycles. The number of thiophene rings is 1. The maximum Gasteiger partial charge on any atom is 0.266 e. The lowest BCUT2D eigenvalue weighted by molar-refractivity contribution is 0.103. The average Bonchev–Trinajstić information content (AvgIpc) is 3.00.